The maximum atomic E-state index is 6.08. The molecule has 0 amide bonds. The molecule has 0 spiro atoms. The molecule has 1 aliphatic heterocycles. The van der Waals surface area contributed by atoms with E-state index in [1.165, 1.54) is 11.3 Å². The monoisotopic (exact) mass is 381 g/mol. The van der Waals surface area contributed by atoms with Crippen LogP contribution in [0, 0.1) is 6.92 Å². The van der Waals surface area contributed by atoms with Crippen LogP contribution >= 0.6 is 0 Å². The summed E-state index contributed by atoms with van der Waals surface area (Å²) in [5.74, 6) is 1.68. The van der Waals surface area contributed by atoms with Crippen LogP contribution in [0.2, 0.25) is 0 Å². The molecular formula is C25H23N3O. The molecule has 0 unspecified atom stereocenters. The lowest BCUT2D eigenvalue weighted by Crippen LogP contribution is -2.23. The number of para-hydroxylation sites is 1. The van der Waals surface area contributed by atoms with Crippen LogP contribution in [0.15, 0.2) is 72.9 Å². The van der Waals surface area contributed by atoms with Crippen molar-refractivity contribution in [2.24, 2.45) is 0 Å². The van der Waals surface area contributed by atoms with E-state index in [4.69, 9.17) is 9.72 Å². The third-order valence-corrected chi connectivity index (χ3v) is 5.52. The molecule has 2 aromatic heterocycles. The van der Waals surface area contributed by atoms with E-state index in [-0.39, 0.29) is 0 Å². The third-order valence-electron chi connectivity index (χ3n) is 5.52. The molecule has 0 atom stereocenters. The average molecular weight is 381 g/mol. The van der Waals surface area contributed by atoms with Gasteiger partial charge in [0.2, 0.25) is 0 Å². The van der Waals surface area contributed by atoms with Crippen molar-refractivity contribution in [1.82, 2.24) is 9.97 Å². The summed E-state index contributed by atoms with van der Waals surface area (Å²) in [5.41, 5.74) is 5.94. The Bertz CT molecular complexity index is 1140. The van der Waals surface area contributed by atoms with Crippen LogP contribution in [0.25, 0.3) is 10.9 Å². The van der Waals surface area contributed by atoms with E-state index < -0.39 is 0 Å². The second-order valence-electron chi connectivity index (χ2n) is 7.43. The summed E-state index contributed by atoms with van der Waals surface area (Å²) in [5, 5.41) is 1.16. The normalized spacial score (nSPS) is 12.9. The number of anilines is 1. The van der Waals surface area contributed by atoms with Crippen molar-refractivity contribution >= 4 is 16.6 Å². The standard InChI is InChI=1S/C25H23N3O/c1-18-22-13-16-28(15-12-19-7-5-6-14-26-19)25(22)23-17-21(10-11-24(23)27-18)29-20-8-3-2-4-9-20/h2-11,14,17H,12-13,15-16H2,1H3. The molecule has 1 aliphatic rings. The lowest BCUT2D eigenvalue weighted by Gasteiger charge is -2.21. The van der Waals surface area contributed by atoms with Crippen LogP contribution in [-0.4, -0.2) is 23.1 Å². The van der Waals surface area contributed by atoms with Crippen LogP contribution in [0.3, 0.4) is 0 Å². The van der Waals surface area contributed by atoms with Crippen LogP contribution in [0.5, 0.6) is 11.5 Å². The molecule has 4 nitrogen and oxygen atoms in total. The predicted molar refractivity (Wildman–Crippen MR) is 117 cm³/mol. The van der Waals surface area contributed by atoms with Gasteiger partial charge >= 0.3 is 0 Å². The van der Waals surface area contributed by atoms with Gasteiger partial charge in [-0.3, -0.25) is 9.97 Å². The number of aromatic nitrogens is 2. The first kappa shape index (κ1) is 17.7. The fourth-order valence-corrected chi connectivity index (χ4v) is 4.11. The highest BCUT2D eigenvalue weighted by Gasteiger charge is 2.24. The molecule has 0 aliphatic carbocycles. The van der Waals surface area contributed by atoms with Crippen molar-refractivity contribution in [1.29, 1.82) is 0 Å². The summed E-state index contributed by atoms with van der Waals surface area (Å²) in [6.07, 6.45) is 3.84. The molecule has 0 bridgehead atoms. The van der Waals surface area contributed by atoms with E-state index in [0.29, 0.717) is 0 Å². The number of ether oxygens (including phenoxy) is 1. The van der Waals surface area contributed by atoms with Crippen molar-refractivity contribution in [2.75, 3.05) is 18.0 Å². The van der Waals surface area contributed by atoms with Gasteiger partial charge in [0.1, 0.15) is 11.5 Å². The van der Waals surface area contributed by atoms with Crippen LogP contribution in [0.4, 0.5) is 5.69 Å². The summed E-state index contributed by atoms with van der Waals surface area (Å²) in [6.45, 7) is 4.09. The smallest absolute Gasteiger partial charge is 0.128 e. The lowest BCUT2D eigenvalue weighted by atomic mass is 10.1. The first-order valence-corrected chi connectivity index (χ1v) is 10.1. The second-order valence-corrected chi connectivity index (χ2v) is 7.43. The van der Waals surface area contributed by atoms with E-state index in [1.54, 1.807) is 0 Å². The van der Waals surface area contributed by atoms with Gasteiger partial charge in [-0.05, 0) is 61.4 Å². The van der Waals surface area contributed by atoms with Gasteiger partial charge in [-0.15, -0.1) is 0 Å². The van der Waals surface area contributed by atoms with Gasteiger partial charge < -0.3 is 9.64 Å². The second kappa shape index (κ2) is 7.55. The van der Waals surface area contributed by atoms with E-state index >= 15 is 0 Å². The zero-order valence-electron chi connectivity index (χ0n) is 16.5. The Morgan fingerprint density at radius 3 is 2.66 bits per heavy atom. The van der Waals surface area contributed by atoms with Crippen LogP contribution < -0.4 is 9.64 Å². The van der Waals surface area contributed by atoms with Crippen LogP contribution in [0.1, 0.15) is 17.0 Å². The zero-order valence-corrected chi connectivity index (χ0v) is 16.5. The van der Waals surface area contributed by atoms with Gasteiger partial charge in [0.15, 0.2) is 0 Å². The average Bonchev–Trinajstić information content (AvgIpc) is 3.19. The fourth-order valence-electron chi connectivity index (χ4n) is 4.11. The third kappa shape index (κ3) is 3.54. The Labute approximate surface area is 170 Å². The zero-order chi connectivity index (χ0) is 19.6. The first-order chi connectivity index (χ1) is 14.3. The van der Waals surface area contributed by atoms with Crippen molar-refractivity contribution < 1.29 is 4.74 Å². The number of hydrogen-bond acceptors (Lipinski definition) is 4. The molecule has 0 saturated heterocycles. The molecule has 5 rings (SSSR count). The number of aryl methyl sites for hydroxylation is 1. The Morgan fingerprint density at radius 2 is 1.83 bits per heavy atom. The summed E-state index contributed by atoms with van der Waals surface area (Å²) in [7, 11) is 0. The van der Waals surface area contributed by atoms with Gasteiger partial charge in [0, 0.05) is 42.5 Å². The molecule has 4 aromatic rings. The molecule has 3 heterocycles. The van der Waals surface area contributed by atoms with E-state index in [2.05, 4.69) is 41.1 Å². The Hall–Kier alpha value is -3.40. The topological polar surface area (TPSA) is 38.2 Å². The van der Waals surface area contributed by atoms with Gasteiger partial charge in [0.05, 0.1) is 11.2 Å². The summed E-state index contributed by atoms with van der Waals surface area (Å²) in [6, 6.07) is 22.2. The highest BCUT2D eigenvalue weighted by atomic mass is 16.5. The van der Waals surface area contributed by atoms with E-state index in [1.807, 2.05) is 48.7 Å². The number of benzene rings is 2. The van der Waals surface area contributed by atoms with Gasteiger partial charge in [0.25, 0.3) is 0 Å². The molecule has 29 heavy (non-hydrogen) atoms. The number of rotatable bonds is 5. The van der Waals surface area contributed by atoms with Crippen molar-refractivity contribution in [3.8, 4) is 11.5 Å². The molecule has 144 valence electrons. The van der Waals surface area contributed by atoms with Gasteiger partial charge in [-0.1, -0.05) is 24.3 Å². The Morgan fingerprint density at radius 1 is 0.966 bits per heavy atom. The Kier molecular flexibility index (Phi) is 4.60. The van der Waals surface area contributed by atoms with E-state index in [9.17, 15) is 0 Å². The minimum atomic E-state index is 0.841. The van der Waals surface area contributed by atoms with Crippen molar-refractivity contribution in [3.05, 3.63) is 89.9 Å². The maximum absolute atomic E-state index is 6.08. The molecule has 0 fully saturated rings. The fraction of sp³-hybridized carbons (Fsp3) is 0.200. The SMILES string of the molecule is Cc1nc2ccc(Oc3ccccc3)cc2c2c1CCN2CCc1ccccn1. The molecule has 0 radical (unpaired) electrons. The minimum absolute atomic E-state index is 0.841. The number of pyridine rings is 2. The van der Waals surface area contributed by atoms with Gasteiger partial charge in [-0.25, -0.2) is 0 Å². The quantitative estimate of drug-likeness (QED) is 0.468. The van der Waals surface area contributed by atoms with Gasteiger partial charge in [-0.2, -0.15) is 0 Å². The molecule has 2 aromatic carbocycles. The number of nitrogens with zero attached hydrogens (tertiary/aromatic N) is 3. The predicted octanol–water partition coefficient (Wildman–Crippen LogP) is 5.34. The number of hydrogen-bond donors (Lipinski definition) is 0. The molecule has 0 saturated carbocycles. The Balaban J connectivity index is 1.50. The van der Waals surface area contributed by atoms with Crippen LogP contribution in [-0.2, 0) is 12.8 Å². The first-order valence-electron chi connectivity index (χ1n) is 10.1. The maximum Gasteiger partial charge on any atom is 0.128 e. The molecule has 0 N–H and O–H groups in total. The van der Waals surface area contributed by atoms with E-state index in [0.717, 1.165) is 59.7 Å². The summed E-state index contributed by atoms with van der Waals surface area (Å²) in [4.78, 5) is 11.8. The summed E-state index contributed by atoms with van der Waals surface area (Å²) < 4.78 is 6.08. The molecule has 4 heteroatoms. The summed E-state index contributed by atoms with van der Waals surface area (Å²) >= 11 is 0. The number of fused-ring (bicyclic) bond motifs is 3. The highest BCUT2D eigenvalue weighted by Crippen LogP contribution is 2.38. The minimum Gasteiger partial charge on any atom is -0.457 e. The van der Waals surface area contributed by atoms with Crippen molar-refractivity contribution in [2.45, 2.75) is 19.8 Å². The van der Waals surface area contributed by atoms with Crippen molar-refractivity contribution in [3.63, 3.8) is 0 Å². The molecular weight excluding hydrogens is 358 g/mol. The largest absolute Gasteiger partial charge is 0.457 e. The lowest BCUT2D eigenvalue weighted by molar-refractivity contribution is 0.483. The highest BCUT2D eigenvalue weighted by molar-refractivity contribution is 5.96.